The molecule has 110 valence electrons. The van der Waals surface area contributed by atoms with Crippen LogP contribution in [0.4, 0.5) is 0 Å². The molecule has 0 radical (unpaired) electrons. The van der Waals surface area contributed by atoms with Crippen LogP contribution in [0.25, 0.3) is 0 Å². The summed E-state index contributed by atoms with van der Waals surface area (Å²) in [5.41, 5.74) is 1.18. The van der Waals surface area contributed by atoms with Crippen molar-refractivity contribution in [3.8, 4) is 0 Å². The molecule has 0 fully saturated rings. The Morgan fingerprint density at radius 3 is 2.40 bits per heavy atom. The maximum Gasteiger partial charge on any atom is 0.246 e. The van der Waals surface area contributed by atoms with E-state index < -0.39 is 6.04 Å². The van der Waals surface area contributed by atoms with E-state index in [1.807, 2.05) is 44.2 Å². The lowest BCUT2D eigenvalue weighted by atomic mass is 10.0. The van der Waals surface area contributed by atoms with Gasteiger partial charge in [0.2, 0.25) is 5.91 Å². The topological polar surface area (TPSA) is 55.4 Å². The zero-order valence-corrected chi connectivity index (χ0v) is 12.4. The van der Waals surface area contributed by atoms with Crippen LogP contribution >= 0.6 is 0 Å². The zero-order chi connectivity index (χ0) is 15.0. The quantitative estimate of drug-likeness (QED) is 0.739. The molecule has 1 aromatic carbocycles. The molecule has 0 aliphatic heterocycles. The van der Waals surface area contributed by atoms with E-state index >= 15 is 0 Å². The summed E-state index contributed by atoms with van der Waals surface area (Å²) >= 11 is 0. The van der Waals surface area contributed by atoms with Crippen LogP contribution in [0, 0.1) is 5.92 Å². The molecule has 0 aromatic heterocycles. The average molecular weight is 277 g/mol. The first kappa shape index (κ1) is 16.4. The fraction of sp³-hybridized carbons (Fsp3) is 0.500. The van der Waals surface area contributed by atoms with Gasteiger partial charge in [0.25, 0.3) is 0 Å². The highest BCUT2D eigenvalue weighted by Gasteiger charge is 2.20. The largest absolute Gasteiger partial charge is 0.371 e. The lowest BCUT2D eigenvalue weighted by molar-refractivity contribution is -0.130. The number of nitrogens with one attached hydrogen (secondary N) is 1. The van der Waals surface area contributed by atoms with Gasteiger partial charge in [0.1, 0.15) is 6.61 Å². The molecule has 4 heteroatoms. The van der Waals surface area contributed by atoms with E-state index in [9.17, 15) is 9.59 Å². The van der Waals surface area contributed by atoms with E-state index in [1.54, 1.807) is 0 Å². The van der Waals surface area contributed by atoms with Crippen molar-refractivity contribution in [3.63, 3.8) is 0 Å². The second-order valence-corrected chi connectivity index (χ2v) is 5.19. The summed E-state index contributed by atoms with van der Waals surface area (Å²) in [5.74, 6) is -0.189. The van der Waals surface area contributed by atoms with Gasteiger partial charge in [-0.1, -0.05) is 44.2 Å². The number of ether oxygens (including phenoxy) is 1. The lowest BCUT2D eigenvalue weighted by Crippen LogP contribution is -2.44. The Kier molecular flexibility index (Phi) is 6.94. The van der Waals surface area contributed by atoms with Crippen LogP contribution in [0.3, 0.4) is 0 Å². The van der Waals surface area contributed by atoms with Crippen LogP contribution in [0.1, 0.15) is 26.3 Å². The first-order valence-corrected chi connectivity index (χ1v) is 6.92. The molecular formula is C16H23NO3. The summed E-state index contributed by atoms with van der Waals surface area (Å²) in [6, 6.07) is 9.53. The fourth-order valence-corrected chi connectivity index (χ4v) is 1.95. The molecule has 0 saturated carbocycles. The summed E-state index contributed by atoms with van der Waals surface area (Å²) in [6.45, 7) is 5.78. The van der Waals surface area contributed by atoms with Gasteiger partial charge < -0.3 is 10.1 Å². The second-order valence-electron chi connectivity index (χ2n) is 5.19. The summed E-state index contributed by atoms with van der Waals surface area (Å²) in [6.07, 6.45) is 0.772. The van der Waals surface area contributed by atoms with E-state index in [4.69, 9.17) is 4.74 Å². The Bertz CT molecular complexity index is 429. The molecule has 1 N–H and O–H groups in total. The number of benzene rings is 1. The lowest BCUT2D eigenvalue weighted by Gasteiger charge is -2.19. The van der Waals surface area contributed by atoms with Crippen molar-refractivity contribution >= 4 is 11.7 Å². The molecule has 0 spiro atoms. The maximum absolute atomic E-state index is 11.7. The van der Waals surface area contributed by atoms with Crippen LogP contribution in [0.2, 0.25) is 0 Å². The molecule has 0 bridgehead atoms. The van der Waals surface area contributed by atoms with E-state index in [2.05, 4.69) is 5.32 Å². The van der Waals surface area contributed by atoms with Crippen molar-refractivity contribution in [3.05, 3.63) is 35.9 Å². The molecule has 1 aromatic rings. The summed E-state index contributed by atoms with van der Waals surface area (Å²) in [5, 5.41) is 2.70. The van der Waals surface area contributed by atoms with Gasteiger partial charge in [-0.05, 0) is 24.8 Å². The number of hydrogen-bond acceptors (Lipinski definition) is 3. The van der Waals surface area contributed by atoms with Crippen molar-refractivity contribution in [2.24, 2.45) is 5.92 Å². The Morgan fingerprint density at radius 1 is 1.20 bits per heavy atom. The Hall–Kier alpha value is -1.68. The third-order valence-electron chi connectivity index (χ3n) is 3.03. The monoisotopic (exact) mass is 277 g/mol. The van der Waals surface area contributed by atoms with E-state index in [-0.39, 0.29) is 24.2 Å². The Morgan fingerprint density at radius 2 is 1.85 bits per heavy atom. The molecule has 20 heavy (non-hydrogen) atoms. The van der Waals surface area contributed by atoms with Crippen LogP contribution in [0.15, 0.2) is 30.3 Å². The molecule has 0 aliphatic carbocycles. The first-order valence-electron chi connectivity index (χ1n) is 6.92. The summed E-state index contributed by atoms with van der Waals surface area (Å²) < 4.78 is 5.34. The standard InChI is InChI=1S/C16H23NO3/c1-12(2)16(13(3)18)17-15(19)11-20-10-9-14-7-5-4-6-8-14/h4-8,12,16H,9-11H2,1-3H3,(H,17,19). The van der Waals surface area contributed by atoms with Gasteiger partial charge >= 0.3 is 0 Å². The molecule has 0 heterocycles. The van der Waals surface area contributed by atoms with Gasteiger partial charge in [0, 0.05) is 0 Å². The van der Waals surface area contributed by atoms with Gasteiger partial charge in [0.05, 0.1) is 12.6 Å². The number of carbonyl (C=O) groups is 2. The van der Waals surface area contributed by atoms with Gasteiger partial charge in [-0.2, -0.15) is 0 Å². The minimum absolute atomic E-state index is 0.0106. The summed E-state index contributed by atoms with van der Waals surface area (Å²) in [4.78, 5) is 23.1. The molecule has 0 saturated heterocycles. The summed E-state index contributed by atoms with van der Waals surface area (Å²) in [7, 11) is 0. The van der Waals surface area contributed by atoms with Crippen LogP contribution < -0.4 is 5.32 Å². The molecule has 0 aliphatic rings. The predicted octanol–water partition coefficient (Wildman–Crippen LogP) is 1.98. The highest BCUT2D eigenvalue weighted by atomic mass is 16.5. The number of rotatable bonds is 8. The molecule has 1 amide bonds. The first-order chi connectivity index (χ1) is 9.50. The van der Waals surface area contributed by atoms with Crippen molar-refractivity contribution < 1.29 is 14.3 Å². The highest BCUT2D eigenvalue weighted by Crippen LogP contribution is 2.03. The number of Topliss-reactive ketones (excluding diaryl/α,β-unsaturated/α-hetero) is 1. The fourth-order valence-electron chi connectivity index (χ4n) is 1.95. The minimum Gasteiger partial charge on any atom is -0.371 e. The minimum atomic E-state index is -0.430. The molecule has 1 unspecified atom stereocenters. The van der Waals surface area contributed by atoms with Crippen molar-refractivity contribution in [1.82, 2.24) is 5.32 Å². The van der Waals surface area contributed by atoms with Crippen molar-refractivity contribution in [2.45, 2.75) is 33.2 Å². The van der Waals surface area contributed by atoms with Crippen molar-refractivity contribution in [1.29, 1.82) is 0 Å². The third kappa shape index (κ3) is 5.97. The highest BCUT2D eigenvalue weighted by molar-refractivity contribution is 5.88. The van der Waals surface area contributed by atoms with Crippen molar-refractivity contribution in [2.75, 3.05) is 13.2 Å². The number of amides is 1. The average Bonchev–Trinajstić information content (AvgIpc) is 2.41. The van der Waals surface area contributed by atoms with Gasteiger partial charge in [0.15, 0.2) is 5.78 Å². The smallest absolute Gasteiger partial charge is 0.246 e. The molecule has 1 atom stereocenters. The van der Waals surface area contributed by atoms with Gasteiger partial charge in [-0.3, -0.25) is 9.59 Å². The van der Waals surface area contributed by atoms with Crippen LogP contribution in [0.5, 0.6) is 0 Å². The number of carbonyl (C=O) groups excluding carboxylic acids is 2. The van der Waals surface area contributed by atoms with Gasteiger partial charge in [-0.15, -0.1) is 0 Å². The number of hydrogen-bond donors (Lipinski definition) is 1. The SMILES string of the molecule is CC(=O)C(NC(=O)COCCc1ccccc1)C(C)C. The Labute approximate surface area is 120 Å². The predicted molar refractivity (Wildman–Crippen MR) is 78.4 cm³/mol. The van der Waals surface area contributed by atoms with E-state index in [0.29, 0.717) is 6.61 Å². The third-order valence-corrected chi connectivity index (χ3v) is 3.03. The van der Waals surface area contributed by atoms with Crippen LogP contribution in [-0.4, -0.2) is 30.9 Å². The van der Waals surface area contributed by atoms with E-state index in [1.165, 1.54) is 12.5 Å². The second kappa shape index (κ2) is 8.48. The van der Waals surface area contributed by atoms with Gasteiger partial charge in [-0.25, -0.2) is 0 Å². The molecular weight excluding hydrogens is 254 g/mol. The number of ketones is 1. The van der Waals surface area contributed by atoms with Crippen LogP contribution in [-0.2, 0) is 20.7 Å². The Balaban J connectivity index is 2.24. The molecule has 4 nitrogen and oxygen atoms in total. The normalized spacial score (nSPS) is 12.2. The van der Waals surface area contributed by atoms with E-state index in [0.717, 1.165) is 6.42 Å². The zero-order valence-electron chi connectivity index (χ0n) is 12.4. The maximum atomic E-state index is 11.7. The molecule has 1 rings (SSSR count).